The Bertz CT molecular complexity index is 306. The Morgan fingerprint density at radius 1 is 1.27 bits per heavy atom. The predicted octanol–water partition coefficient (Wildman–Crippen LogP) is 1.55. The lowest BCUT2D eigenvalue weighted by Gasteiger charge is -2.04. The SMILES string of the molecule is CCCNC(=O)c1ccc(CNC)cc1. The van der Waals surface area contributed by atoms with Gasteiger partial charge < -0.3 is 10.6 Å². The fourth-order valence-corrected chi connectivity index (χ4v) is 1.32. The average molecular weight is 206 g/mol. The molecule has 0 heterocycles. The summed E-state index contributed by atoms with van der Waals surface area (Å²) in [6.45, 7) is 3.60. The molecule has 0 aromatic heterocycles. The summed E-state index contributed by atoms with van der Waals surface area (Å²) in [6, 6.07) is 7.66. The first kappa shape index (κ1) is 11.7. The molecule has 2 N–H and O–H groups in total. The van der Waals surface area contributed by atoms with E-state index in [1.807, 2.05) is 38.2 Å². The quantitative estimate of drug-likeness (QED) is 0.767. The van der Waals surface area contributed by atoms with Crippen LogP contribution in [0.3, 0.4) is 0 Å². The molecule has 0 unspecified atom stereocenters. The van der Waals surface area contributed by atoms with E-state index in [2.05, 4.69) is 10.6 Å². The molecule has 1 amide bonds. The highest BCUT2D eigenvalue weighted by Gasteiger charge is 2.03. The van der Waals surface area contributed by atoms with Crippen LogP contribution in [-0.2, 0) is 6.54 Å². The normalized spacial score (nSPS) is 10.0. The maximum atomic E-state index is 11.5. The molecule has 15 heavy (non-hydrogen) atoms. The molecule has 3 nitrogen and oxygen atoms in total. The van der Waals surface area contributed by atoms with Crippen LogP contribution in [0.4, 0.5) is 0 Å². The summed E-state index contributed by atoms with van der Waals surface area (Å²) in [5.74, 6) is 0.00728. The van der Waals surface area contributed by atoms with E-state index in [-0.39, 0.29) is 5.91 Å². The number of benzene rings is 1. The van der Waals surface area contributed by atoms with Gasteiger partial charge in [0.1, 0.15) is 0 Å². The van der Waals surface area contributed by atoms with E-state index in [0.29, 0.717) is 0 Å². The Balaban J connectivity index is 2.58. The van der Waals surface area contributed by atoms with Crippen LogP contribution in [0.25, 0.3) is 0 Å². The summed E-state index contributed by atoms with van der Waals surface area (Å²) in [6.07, 6.45) is 0.962. The highest BCUT2D eigenvalue weighted by molar-refractivity contribution is 5.94. The summed E-state index contributed by atoms with van der Waals surface area (Å²) in [5, 5.41) is 5.91. The van der Waals surface area contributed by atoms with E-state index in [0.717, 1.165) is 25.1 Å². The molecule has 0 fully saturated rings. The van der Waals surface area contributed by atoms with Gasteiger partial charge in [0.2, 0.25) is 0 Å². The van der Waals surface area contributed by atoms with Gasteiger partial charge in [-0.05, 0) is 31.2 Å². The number of nitrogens with one attached hydrogen (secondary N) is 2. The van der Waals surface area contributed by atoms with Crippen LogP contribution >= 0.6 is 0 Å². The third kappa shape index (κ3) is 3.72. The fourth-order valence-electron chi connectivity index (χ4n) is 1.32. The molecule has 0 bridgehead atoms. The third-order valence-electron chi connectivity index (χ3n) is 2.13. The van der Waals surface area contributed by atoms with Gasteiger partial charge in [-0.3, -0.25) is 4.79 Å². The monoisotopic (exact) mass is 206 g/mol. The van der Waals surface area contributed by atoms with Crippen LogP contribution in [0.2, 0.25) is 0 Å². The zero-order chi connectivity index (χ0) is 11.1. The molecule has 0 aliphatic carbocycles. The third-order valence-corrected chi connectivity index (χ3v) is 2.13. The van der Waals surface area contributed by atoms with Crippen LogP contribution in [0, 0.1) is 0 Å². The number of carbonyl (C=O) groups excluding carboxylic acids is 1. The van der Waals surface area contributed by atoms with Crippen molar-refractivity contribution in [3.05, 3.63) is 35.4 Å². The second kappa shape index (κ2) is 6.19. The van der Waals surface area contributed by atoms with Gasteiger partial charge in [0, 0.05) is 18.7 Å². The van der Waals surface area contributed by atoms with Crippen LogP contribution in [0.1, 0.15) is 29.3 Å². The van der Waals surface area contributed by atoms with Crippen molar-refractivity contribution in [3.8, 4) is 0 Å². The molecule has 0 aliphatic rings. The lowest BCUT2D eigenvalue weighted by atomic mass is 10.1. The van der Waals surface area contributed by atoms with Crippen LogP contribution in [-0.4, -0.2) is 19.5 Å². The molecule has 0 saturated heterocycles. The van der Waals surface area contributed by atoms with Crippen molar-refractivity contribution >= 4 is 5.91 Å². The standard InChI is InChI=1S/C12H18N2O/c1-3-8-14-12(15)11-6-4-10(5-7-11)9-13-2/h4-7,13H,3,8-9H2,1-2H3,(H,14,15). The van der Waals surface area contributed by atoms with Crippen molar-refractivity contribution in [1.29, 1.82) is 0 Å². The first-order valence-electron chi connectivity index (χ1n) is 5.29. The van der Waals surface area contributed by atoms with Crippen molar-refractivity contribution in [2.45, 2.75) is 19.9 Å². The van der Waals surface area contributed by atoms with Gasteiger partial charge in [-0.2, -0.15) is 0 Å². The van der Waals surface area contributed by atoms with Crippen molar-refractivity contribution in [3.63, 3.8) is 0 Å². The molecule has 0 atom stereocenters. The smallest absolute Gasteiger partial charge is 0.251 e. The minimum Gasteiger partial charge on any atom is -0.352 e. The lowest BCUT2D eigenvalue weighted by Crippen LogP contribution is -2.23. The summed E-state index contributed by atoms with van der Waals surface area (Å²) >= 11 is 0. The molecule has 1 rings (SSSR count). The van der Waals surface area contributed by atoms with Gasteiger partial charge in [-0.15, -0.1) is 0 Å². The maximum Gasteiger partial charge on any atom is 0.251 e. The molecule has 3 heteroatoms. The highest BCUT2D eigenvalue weighted by atomic mass is 16.1. The highest BCUT2D eigenvalue weighted by Crippen LogP contribution is 2.04. The van der Waals surface area contributed by atoms with Crippen molar-refractivity contribution in [2.24, 2.45) is 0 Å². The molecule has 1 aromatic rings. The Hall–Kier alpha value is -1.35. The Labute approximate surface area is 90.9 Å². The molecule has 0 spiro atoms. The summed E-state index contributed by atoms with van der Waals surface area (Å²) in [4.78, 5) is 11.5. The molecule has 0 saturated carbocycles. The van der Waals surface area contributed by atoms with E-state index in [1.54, 1.807) is 0 Å². The van der Waals surface area contributed by atoms with Gasteiger partial charge in [-0.25, -0.2) is 0 Å². The Morgan fingerprint density at radius 2 is 1.93 bits per heavy atom. The predicted molar refractivity (Wildman–Crippen MR) is 61.8 cm³/mol. The topological polar surface area (TPSA) is 41.1 Å². The molecular weight excluding hydrogens is 188 g/mol. The average Bonchev–Trinajstić information content (AvgIpc) is 2.27. The number of hydrogen-bond donors (Lipinski definition) is 2. The second-order valence-corrected chi connectivity index (χ2v) is 3.48. The van der Waals surface area contributed by atoms with Gasteiger partial charge in [0.05, 0.1) is 0 Å². The van der Waals surface area contributed by atoms with E-state index in [1.165, 1.54) is 5.56 Å². The maximum absolute atomic E-state index is 11.5. The molecule has 1 aromatic carbocycles. The molecule has 0 radical (unpaired) electrons. The van der Waals surface area contributed by atoms with Gasteiger partial charge in [-0.1, -0.05) is 19.1 Å². The number of rotatable bonds is 5. The van der Waals surface area contributed by atoms with Crippen LogP contribution < -0.4 is 10.6 Å². The van der Waals surface area contributed by atoms with E-state index < -0.39 is 0 Å². The Morgan fingerprint density at radius 3 is 2.47 bits per heavy atom. The lowest BCUT2D eigenvalue weighted by molar-refractivity contribution is 0.0953. The summed E-state index contributed by atoms with van der Waals surface area (Å²) < 4.78 is 0. The second-order valence-electron chi connectivity index (χ2n) is 3.48. The zero-order valence-electron chi connectivity index (χ0n) is 9.34. The van der Waals surface area contributed by atoms with Crippen LogP contribution in [0.15, 0.2) is 24.3 Å². The molecule has 0 aliphatic heterocycles. The number of carbonyl (C=O) groups is 1. The summed E-state index contributed by atoms with van der Waals surface area (Å²) in [7, 11) is 1.90. The minimum absolute atomic E-state index is 0.00728. The zero-order valence-corrected chi connectivity index (χ0v) is 9.34. The first-order chi connectivity index (χ1) is 7.27. The fraction of sp³-hybridized carbons (Fsp3) is 0.417. The van der Waals surface area contributed by atoms with E-state index in [4.69, 9.17) is 0 Å². The van der Waals surface area contributed by atoms with Crippen LogP contribution in [0.5, 0.6) is 0 Å². The molecule has 82 valence electrons. The van der Waals surface area contributed by atoms with E-state index >= 15 is 0 Å². The van der Waals surface area contributed by atoms with Gasteiger partial charge in [0.25, 0.3) is 5.91 Å². The molecular formula is C12H18N2O. The van der Waals surface area contributed by atoms with Gasteiger partial charge >= 0.3 is 0 Å². The van der Waals surface area contributed by atoms with Gasteiger partial charge in [0.15, 0.2) is 0 Å². The van der Waals surface area contributed by atoms with Crippen molar-refractivity contribution in [1.82, 2.24) is 10.6 Å². The first-order valence-corrected chi connectivity index (χ1v) is 5.29. The van der Waals surface area contributed by atoms with Crippen molar-refractivity contribution < 1.29 is 4.79 Å². The Kier molecular flexibility index (Phi) is 4.84. The number of hydrogen-bond acceptors (Lipinski definition) is 2. The largest absolute Gasteiger partial charge is 0.352 e. The van der Waals surface area contributed by atoms with E-state index in [9.17, 15) is 4.79 Å². The van der Waals surface area contributed by atoms with Crippen molar-refractivity contribution in [2.75, 3.05) is 13.6 Å². The summed E-state index contributed by atoms with van der Waals surface area (Å²) in [5.41, 5.74) is 1.91. The number of amides is 1. The minimum atomic E-state index is 0.00728.